The molecule has 0 radical (unpaired) electrons. The summed E-state index contributed by atoms with van der Waals surface area (Å²) in [7, 11) is 1.42. The number of hydrogen-bond acceptors (Lipinski definition) is 4. The number of ether oxygens (including phenoxy) is 1. The van der Waals surface area contributed by atoms with Gasteiger partial charge in [0.1, 0.15) is 0 Å². The molecule has 0 saturated carbocycles. The van der Waals surface area contributed by atoms with E-state index in [0.29, 0.717) is 24.8 Å². The Hall–Kier alpha value is -1.99. The molecular weight excluding hydrogens is 206 g/mol. The molecule has 1 rings (SSSR count). The number of methoxy groups -OCH3 is 1. The maximum atomic E-state index is 10.7. The fraction of sp³-hybridized carbons (Fsp3) is 0.250. The highest BCUT2D eigenvalue weighted by atomic mass is 16.5. The molecule has 16 heavy (non-hydrogen) atoms. The lowest BCUT2D eigenvalue weighted by Crippen LogP contribution is -1.95. The van der Waals surface area contributed by atoms with Gasteiger partial charge in [-0.25, -0.2) is 0 Å². The second kappa shape index (κ2) is 5.79. The van der Waals surface area contributed by atoms with E-state index in [0.717, 1.165) is 0 Å². The second-order valence-corrected chi connectivity index (χ2v) is 3.07. The third-order valence-corrected chi connectivity index (χ3v) is 1.95. The van der Waals surface area contributed by atoms with Gasteiger partial charge in [-0.05, 0) is 12.1 Å². The minimum Gasteiger partial charge on any atom is -0.504 e. The standard InChI is InChI=1S/C12H13NO3/c1-16-11-7-9(4-2-3-5-13)6-10(8-14)12(11)15/h6-8,15H,3,5,13H2,1H3. The molecule has 0 saturated heterocycles. The molecule has 1 aromatic carbocycles. The molecule has 0 heterocycles. The van der Waals surface area contributed by atoms with Crippen molar-refractivity contribution in [1.82, 2.24) is 0 Å². The summed E-state index contributed by atoms with van der Waals surface area (Å²) in [6.07, 6.45) is 1.14. The van der Waals surface area contributed by atoms with Gasteiger partial charge >= 0.3 is 0 Å². The topological polar surface area (TPSA) is 72.5 Å². The Morgan fingerprint density at radius 3 is 2.88 bits per heavy atom. The number of carbonyl (C=O) groups is 1. The van der Waals surface area contributed by atoms with Gasteiger partial charge in [0.15, 0.2) is 17.8 Å². The van der Waals surface area contributed by atoms with E-state index in [1.54, 1.807) is 6.07 Å². The first kappa shape index (κ1) is 12.1. The van der Waals surface area contributed by atoms with Crippen molar-refractivity contribution < 1.29 is 14.6 Å². The smallest absolute Gasteiger partial charge is 0.168 e. The highest BCUT2D eigenvalue weighted by Crippen LogP contribution is 2.29. The Kier molecular flexibility index (Phi) is 4.37. The van der Waals surface area contributed by atoms with E-state index >= 15 is 0 Å². The highest BCUT2D eigenvalue weighted by Gasteiger charge is 2.08. The average molecular weight is 219 g/mol. The quantitative estimate of drug-likeness (QED) is 0.585. The number of nitrogens with two attached hydrogens (primary N) is 1. The summed E-state index contributed by atoms with van der Waals surface area (Å²) in [5, 5.41) is 9.56. The number of aromatic hydroxyl groups is 1. The van der Waals surface area contributed by atoms with Crippen LogP contribution in [0.1, 0.15) is 22.3 Å². The number of phenols is 1. The van der Waals surface area contributed by atoms with Crippen LogP contribution in [0.2, 0.25) is 0 Å². The molecule has 0 aliphatic heterocycles. The largest absolute Gasteiger partial charge is 0.504 e. The second-order valence-electron chi connectivity index (χ2n) is 3.07. The van der Waals surface area contributed by atoms with Crippen molar-refractivity contribution in [1.29, 1.82) is 0 Å². The van der Waals surface area contributed by atoms with E-state index in [9.17, 15) is 9.90 Å². The summed E-state index contributed by atoms with van der Waals surface area (Å²) in [6, 6.07) is 3.08. The predicted molar refractivity (Wildman–Crippen MR) is 60.6 cm³/mol. The van der Waals surface area contributed by atoms with Crippen LogP contribution in [-0.4, -0.2) is 25.0 Å². The van der Waals surface area contributed by atoms with Crippen LogP contribution in [0.3, 0.4) is 0 Å². The summed E-state index contributed by atoms with van der Waals surface area (Å²) < 4.78 is 4.93. The number of benzene rings is 1. The molecule has 0 unspecified atom stereocenters. The molecule has 0 fully saturated rings. The number of carbonyl (C=O) groups excluding carboxylic acids is 1. The van der Waals surface area contributed by atoms with E-state index in [1.807, 2.05) is 0 Å². The first-order chi connectivity index (χ1) is 7.72. The predicted octanol–water partition coefficient (Wildman–Crippen LogP) is 0.914. The summed E-state index contributed by atoms with van der Waals surface area (Å²) >= 11 is 0. The van der Waals surface area contributed by atoms with Crippen molar-refractivity contribution in [2.24, 2.45) is 5.73 Å². The molecule has 0 aromatic heterocycles. The first-order valence-corrected chi connectivity index (χ1v) is 4.78. The molecule has 1 aromatic rings. The van der Waals surface area contributed by atoms with Gasteiger partial charge in [0.2, 0.25) is 0 Å². The summed E-state index contributed by atoms with van der Waals surface area (Å²) in [4.78, 5) is 10.7. The van der Waals surface area contributed by atoms with Gasteiger partial charge in [-0.15, -0.1) is 0 Å². The van der Waals surface area contributed by atoms with Crippen molar-refractivity contribution in [3.63, 3.8) is 0 Å². The van der Waals surface area contributed by atoms with Gasteiger partial charge in [0, 0.05) is 18.5 Å². The molecule has 0 aliphatic rings. The zero-order chi connectivity index (χ0) is 12.0. The third-order valence-electron chi connectivity index (χ3n) is 1.95. The molecule has 0 spiro atoms. The maximum absolute atomic E-state index is 10.7. The van der Waals surface area contributed by atoms with Crippen LogP contribution in [0.4, 0.5) is 0 Å². The first-order valence-electron chi connectivity index (χ1n) is 4.78. The summed E-state index contributed by atoms with van der Waals surface area (Å²) in [6.45, 7) is 0.489. The lowest BCUT2D eigenvalue weighted by molar-refractivity contribution is 0.112. The number of aldehydes is 1. The lowest BCUT2D eigenvalue weighted by atomic mass is 10.1. The zero-order valence-electron chi connectivity index (χ0n) is 8.99. The molecule has 4 nitrogen and oxygen atoms in total. The molecule has 3 N–H and O–H groups in total. The third kappa shape index (κ3) is 2.75. The Morgan fingerprint density at radius 1 is 1.56 bits per heavy atom. The minimum absolute atomic E-state index is 0.163. The van der Waals surface area contributed by atoms with Crippen LogP contribution >= 0.6 is 0 Å². The molecule has 0 aliphatic carbocycles. The molecular formula is C12H13NO3. The lowest BCUT2D eigenvalue weighted by Gasteiger charge is -2.05. The minimum atomic E-state index is -0.165. The Morgan fingerprint density at radius 2 is 2.31 bits per heavy atom. The van der Waals surface area contributed by atoms with Crippen LogP contribution < -0.4 is 10.5 Å². The number of phenolic OH excluding ortho intramolecular Hbond substituents is 1. The van der Waals surface area contributed by atoms with Gasteiger partial charge < -0.3 is 15.6 Å². The van der Waals surface area contributed by atoms with E-state index in [2.05, 4.69) is 11.8 Å². The summed E-state index contributed by atoms with van der Waals surface area (Å²) in [5.74, 6) is 5.76. The van der Waals surface area contributed by atoms with Crippen molar-refractivity contribution in [3.8, 4) is 23.3 Å². The monoisotopic (exact) mass is 219 g/mol. The fourth-order valence-corrected chi connectivity index (χ4v) is 1.18. The molecule has 0 bridgehead atoms. The van der Waals surface area contributed by atoms with Crippen LogP contribution in [-0.2, 0) is 0 Å². The van der Waals surface area contributed by atoms with Gasteiger partial charge in [0.25, 0.3) is 0 Å². The van der Waals surface area contributed by atoms with Gasteiger partial charge in [-0.1, -0.05) is 11.8 Å². The van der Waals surface area contributed by atoms with E-state index in [4.69, 9.17) is 10.5 Å². The molecule has 84 valence electrons. The Balaban J connectivity index is 3.13. The number of rotatable bonds is 3. The highest BCUT2D eigenvalue weighted by molar-refractivity contribution is 5.82. The molecule has 0 amide bonds. The van der Waals surface area contributed by atoms with Crippen LogP contribution in [0.5, 0.6) is 11.5 Å². The van der Waals surface area contributed by atoms with Gasteiger partial charge in [-0.2, -0.15) is 0 Å². The van der Waals surface area contributed by atoms with E-state index < -0.39 is 0 Å². The fourth-order valence-electron chi connectivity index (χ4n) is 1.18. The van der Waals surface area contributed by atoms with E-state index in [-0.39, 0.29) is 17.1 Å². The van der Waals surface area contributed by atoms with Crippen molar-refractivity contribution in [2.45, 2.75) is 6.42 Å². The summed E-state index contributed by atoms with van der Waals surface area (Å²) in [5.41, 5.74) is 6.08. The van der Waals surface area contributed by atoms with Crippen molar-refractivity contribution >= 4 is 6.29 Å². The average Bonchev–Trinajstić information content (AvgIpc) is 2.31. The van der Waals surface area contributed by atoms with Gasteiger partial charge in [0.05, 0.1) is 12.7 Å². The van der Waals surface area contributed by atoms with Crippen LogP contribution in [0, 0.1) is 11.8 Å². The van der Waals surface area contributed by atoms with Crippen molar-refractivity contribution in [2.75, 3.05) is 13.7 Å². The normalized spacial score (nSPS) is 9.12. The Labute approximate surface area is 94.0 Å². The number of hydrogen-bond donors (Lipinski definition) is 2. The van der Waals surface area contributed by atoms with Crippen LogP contribution in [0.25, 0.3) is 0 Å². The van der Waals surface area contributed by atoms with Gasteiger partial charge in [-0.3, -0.25) is 4.79 Å². The molecule has 0 atom stereocenters. The van der Waals surface area contributed by atoms with E-state index in [1.165, 1.54) is 13.2 Å². The SMILES string of the molecule is COc1cc(C#CCCN)cc(C=O)c1O. The molecule has 4 heteroatoms. The van der Waals surface area contributed by atoms with Crippen molar-refractivity contribution in [3.05, 3.63) is 23.3 Å². The maximum Gasteiger partial charge on any atom is 0.168 e. The van der Waals surface area contributed by atoms with Crippen LogP contribution in [0.15, 0.2) is 12.1 Å². The zero-order valence-corrected chi connectivity index (χ0v) is 8.99. The Bertz CT molecular complexity index is 444.